The van der Waals surface area contributed by atoms with E-state index in [1.165, 1.54) is 4.68 Å². The molecular formula is C15H18N4O2. The molecule has 1 amide bonds. The summed E-state index contributed by atoms with van der Waals surface area (Å²) in [4.78, 5) is 10.9. The third-order valence-corrected chi connectivity index (χ3v) is 3.56. The second-order valence-corrected chi connectivity index (χ2v) is 5.71. The first-order valence-electron chi connectivity index (χ1n) is 6.81. The van der Waals surface area contributed by atoms with Crippen molar-refractivity contribution in [3.05, 3.63) is 42.2 Å². The van der Waals surface area contributed by atoms with Crippen LogP contribution >= 0.6 is 0 Å². The van der Waals surface area contributed by atoms with Crippen LogP contribution in [0.4, 0.5) is 5.69 Å². The molecule has 0 saturated carbocycles. The highest BCUT2D eigenvalue weighted by Gasteiger charge is 2.41. The molecule has 1 aliphatic heterocycles. The quantitative estimate of drug-likeness (QED) is 0.896. The largest absolute Gasteiger partial charge is 0.485 e. The Morgan fingerprint density at radius 2 is 2.24 bits per heavy atom. The molecule has 21 heavy (non-hydrogen) atoms. The lowest BCUT2D eigenvalue weighted by Crippen LogP contribution is -2.34. The van der Waals surface area contributed by atoms with Crippen LogP contribution in [0.5, 0.6) is 5.75 Å². The van der Waals surface area contributed by atoms with Gasteiger partial charge in [0.15, 0.2) is 0 Å². The molecule has 0 aliphatic carbocycles. The van der Waals surface area contributed by atoms with Crippen LogP contribution in [0, 0.1) is 0 Å². The highest BCUT2D eigenvalue weighted by molar-refractivity contribution is 5.73. The molecule has 1 unspecified atom stereocenters. The molecule has 0 radical (unpaired) electrons. The summed E-state index contributed by atoms with van der Waals surface area (Å²) in [6.07, 6.45) is 3.45. The Kier molecular flexibility index (Phi) is 3.08. The van der Waals surface area contributed by atoms with Gasteiger partial charge in [-0.3, -0.25) is 9.48 Å². The van der Waals surface area contributed by atoms with Gasteiger partial charge < -0.3 is 15.8 Å². The van der Waals surface area contributed by atoms with Crippen molar-refractivity contribution in [1.29, 1.82) is 0 Å². The van der Waals surface area contributed by atoms with Crippen molar-refractivity contribution >= 4 is 11.6 Å². The normalized spacial score (nSPS) is 18.9. The number of nitrogens with one attached hydrogen (secondary N) is 1. The molecule has 1 aromatic carbocycles. The molecule has 3 rings (SSSR count). The first kappa shape index (κ1) is 13.5. The smallest absolute Gasteiger partial charge is 0.239 e. The van der Waals surface area contributed by atoms with E-state index >= 15 is 0 Å². The van der Waals surface area contributed by atoms with Gasteiger partial charge in [-0.1, -0.05) is 18.2 Å². The minimum Gasteiger partial charge on any atom is -0.485 e. The molecule has 1 aliphatic rings. The third kappa shape index (κ3) is 2.56. The molecule has 3 N–H and O–H groups in total. The predicted octanol–water partition coefficient (Wildman–Crippen LogP) is 1.69. The Labute approximate surface area is 122 Å². The first-order chi connectivity index (χ1) is 9.95. The van der Waals surface area contributed by atoms with Crippen LogP contribution in [0.1, 0.15) is 25.5 Å². The predicted molar refractivity (Wildman–Crippen MR) is 78.9 cm³/mol. The molecule has 2 heterocycles. The van der Waals surface area contributed by atoms with E-state index in [0.29, 0.717) is 0 Å². The van der Waals surface area contributed by atoms with E-state index < -0.39 is 5.91 Å². The number of carbonyl (C=O) groups excluding carboxylic acids is 1. The maximum absolute atomic E-state index is 10.9. The second kappa shape index (κ2) is 4.80. The third-order valence-electron chi connectivity index (χ3n) is 3.56. The molecule has 1 atom stereocenters. The molecule has 0 fully saturated rings. The number of rotatable bonds is 4. The zero-order chi connectivity index (χ0) is 15.0. The van der Waals surface area contributed by atoms with Gasteiger partial charge >= 0.3 is 0 Å². The van der Waals surface area contributed by atoms with Crippen LogP contribution in [-0.2, 0) is 11.3 Å². The SMILES string of the molecule is CC1(C)Oc2ccccc2C1Nc1cnn(CC(N)=O)c1. The molecule has 0 spiro atoms. The Morgan fingerprint density at radius 1 is 1.48 bits per heavy atom. The van der Waals surface area contributed by atoms with E-state index in [1.807, 2.05) is 32.0 Å². The lowest BCUT2D eigenvalue weighted by Gasteiger charge is -2.27. The molecule has 0 saturated heterocycles. The number of nitrogens with two attached hydrogens (primary N) is 1. The van der Waals surface area contributed by atoms with Gasteiger partial charge in [0.25, 0.3) is 0 Å². The summed E-state index contributed by atoms with van der Waals surface area (Å²) in [7, 11) is 0. The summed E-state index contributed by atoms with van der Waals surface area (Å²) in [6.45, 7) is 4.15. The zero-order valence-electron chi connectivity index (χ0n) is 12.0. The van der Waals surface area contributed by atoms with Crippen molar-refractivity contribution in [2.45, 2.75) is 32.0 Å². The number of para-hydroxylation sites is 1. The van der Waals surface area contributed by atoms with Crippen molar-refractivity contribution < 1.29 is 9.53 Å². The standard InChI is InChI=1S/C15H18N4O2/c1-15(2)14(11-5-3-4-6-12(11)21-15)18-10-7-17-19(8-10)9-13(16)20/h3-8,14,18H,9H2,1-2H3,(H2,16,20). The number of ether oxygens (including phenoxy) is 1. The topological polar surface area (TPSA) is 82.2 Å². The number of fused-ring (bicyclic) bond motifs is 1. The highest BCUT2D eigenvalue weighted by Crippen LogP contribution is 2.44. The monoisotopic (exact) mass is 286 g/mol. The van der Waals surface area contributed by atoms with Crippen molar-refractivity contribution in [3.63, 3.8) is 0 Å². The Hall–Kier alpha value is -2.50. The lowest BCUT2D eigenvalue weighted by atomic mass is 9.94. The van der Waals surface area contributed by atoms with Crippen LogP contribution in [-0.4, -0.2) is 21.3 Å². The van der Waals surface area contributed by atoms with Gasteiger partial charge in [0.1, 0.15) is 17.9 Å². The maximum atomic E-state index is 10.9. The second-order valence-electron chi connectivity index (χ2n) is 5.71. The summed E-state index contributed by atoms with van der Waals surface area (Å²) in [5.41, 5.74) is 6.74. The van der Waals surface area contributed by atoms with Gasteiger partial charge in [-0.25, -0.2) is 0 Å². The van der Waals surface area contributed by atoms with Gasteiger partial charge in [0, 0.05) is 11.8 Å². The van der Waals surface area contributed by atoms with Crippen molar-refractivity contribution in [2.75, 3.05) is 5.32 Å². The number of primary amides is 1. The zero-order valence-corrected chi connectivity index (χ0v) is 12.0. The summed E-state index contributed by atoms with van der Waals surface area (Å²) < 4.78 is 7.50. The molecule has 1 aromatic heterocycles. The molecule has 2 aromatic rings. The first-order valence-corrected chi connectivity index (χ1v) is 6.81. The number of aromatic nitrogens is 2. The Balaban J connectivity index is 1.83. The van der Waals surface area contributed by atoms with Gasteiger partial charge in [-0.05, 0) is 19.9 Å². The Morgan fingerprint density at radius 3 is 3.00 bits per heavy atom. The van der Waals surface area contributed by atoms with E-state index in [2.05, 4.69) is 16.5 Å². The fourth-order valence-corrected chi connectivity index (χ4v) is 2.63. The minimum atomic E-state index is -0.417. The molecule has 110 valence electrons. The Bertz CT molecular complexity index is 678. The number of carbonyl (C=O) groups is 1. The summed E-state index contributed by atoms with van der Waals surface area (Å²) in [5, 5.41) is 7.54. The minimum absolute atomic E-state index is 0.0138. The van der Waals surface area contributed by atoms with E-state index in [1.54, 1.807) is 12.4 Å². The summed E-state index contributed by atoms with van der Waals surface area (Å²) >= 11 is 0. The van der Waals surface area contributed by atoms with E-state index in [4.69, 9.17) is 10.5 Å². The average Bonchev–Trinajstić information content (AvgIpc) is 2.92. The number of amides is 1. The van der Waals surface area contributed by atoms with Crippen molar-refractivity contribution in [2.24, 2.45) is 5.73 Å². The summed E-state index contributed by atoms with van der Waals surface area (Å²) in [5.74, 6) is 0.476. The maximum Gasteiger partial charge on any atom is 0.239 e. The van der Waals surface area contributed by atoms with Gasteiger partial charge in [-0.2, -0.15) is 5.10 Å². The number of benzene rings is 1. The molecule has 0 bridgehead atoms. The van der Waals surface area contributed by atoms with Crippen LogP contribution in [0.3, 0.4) is 0 Å². The fourth-order valence-electron chi connectivity index (χ4n) is 2.63. The highest BCUT2D eigenvalue weighted by atomic mass is 16.5. The van der Waals surface area contributed by atoms with Crippen molar-refractivity contribution in [3.8, 4) is 5.75 Å². The average molecular weight is 286 g/mol. The molecule has 6 heteroatoms. The van der Waals surface area contributed by atoms with Gasteiger partial charge in [0.05, 0.1) is 17.9 Å². The van der Waals surface area contributed by atoms with Crippen LogP contribution in [0.15, 0.2) is 36.7 Å². The number of nitrogens with zero attached hydrogens (tertiary/aromatic N) is 2. The number of hydrogen-bond acceptors (Lipinski definition) is 4. The number of hydrogen-bond donors (Lipinski definition) is 2. The van der Waals surface area contributed by atoms with Gasteiger partial charge in [-0.15, -0.1) is 0 Å². The van der Waals surface area contributed by atoms with E-state index in [0.717, 1.165) is 17.0 Å². The van der Waals surface area contributed by atoms with Crippen LogP contribution in [0.2, 0.25) is 0 Å². The van der Waals surface area contributed by atoms with Crippen LogP contribution < -0.4 is 15.8 Å². The molecular weight excluding hydrogens is 268 g/mol. The van der Waals surface area contributed by atoms with E-state index in [-0.39, 0.29) is 18.2 Å². The van der Waals surface area contributed by atoms with Gasteiger partial charge in [0.2, 0.25) is 5.91 Å². The van der Waals surface area contributed by atoms with Crippen molar-refractivity contribution in [1.82, 2.24) is 9.78 Å². The van der Waals surface area contributed by atoms with E-state index in [9.17, 15) is 4.79 Å². The summed E-state index contributed by atoms with van der Waals surface area (Å²) in [6, 6.07) is 7.99. The lowest BCUT2D eigenvalue weighted by molar-refractivity contribution is -0.118. The number of anilines is 1. The fraction of sp³-hybridized carbons (Fsp3) is 0.333. The van der Waals surface area contributed by atoms with Crippen LogP contribution in [0.25, 0.3) is 0 Å². The molecule has 6 nitrogen and oxygen atoms in total.